The van der Waals surface area contributed by atoms with Gasteiger partial charge in [0, 0.05) is 12.8 Å². The van der Waals surface area contributed by atoms with Gasteiger partial charge >= 0.3 is 0 Å². The Morgan fingerprint density at radius 2 is 2.06 bits per heavy atom. The first kappa shape index (κ1) is 12.2. The van der Waals surface area contributed by atoms with Gasteiger partial charge in [-0.3, -0.25) is 4.79 Å². The predicted molar refractivity (Wildman–Crippen MR) is 68.4 cm³/mol. The van der Waals surface area contributed by atoms with Gasteiger partial charge in [0.1, 0.15) is 17.6 Å². The van der Waals surface area contributed by atoms with Crippen molar-refractivity contribution < 1.29 is 9.53 Å². The topological polar surface area (TPSA) is 26.3 Å². The van der Waals surface area contributed by atoms with Crippen LogP contribution in [0.3, 0.4) is 0 Å². The van der Waals surface area contributed by atoms with Crippen molar-refractivity contribution in [3.8, 4) is 5.75 Å². The van der Waals surface area contributed by atoms with E-state index in [0.29, 0.717) is 18.1 Å². The Balaban J connectivity index is 2.09. The van der Waals surface area contributed by atoms with Crippen LogP contribution in [-0.4, -0.2) is 11.9 Å². The lowest BCUT2D eigenvalue weighted by Crippen LogP contribution is -2.25. The van der Waals surface area contributed by atoms with Crippen LogP contribution in [0.25, 0.3) is 0 Å². The van der Waals surface area contributed by atoms with E-state index in [0.717, 1.165) is 25.0 Å². The lowest BCUT2D eigenvalue weighted by molar-refractivity contribution is -0.122. The summed E-state index contributed by atoms with van der Waals surface area (Å²) in [6, 6.07) is 8.14. The van der Waals surface area contributed by atoms with E-state index in [1.165, 1.54) is 5.56 Å². The highest BCUT2D eigenvalue weighted by atomic mass is 16.5. The lowest BCUT2D eigenvalue weighted by Gasteiger charge is -2.24. The molecule has 1 unspecified atom stereocenters. The zero-order chi connectivity index (χ0) is 12.3. The second-order valence-electron chi connectivity index (χ2n) is 5.07. The van der Waals surface area contributed by atoms with E-state index in [1.54, 1.807) is 0 Å². The van der Waals surface area contributed by atoms with E-state index in [2.05, 4.69) is 19.9 Å². The van der Waals surface area contributed by atoms with E-state index in [9.17, 15) is 4.79 Å². The molecular weight excluding hydrogens is 212 g/mol. The molecule has 2 nitrogen and oxygen atoms in total. The second kappa shape index (κ2) is 5.35. The van der Waals surface area contributed by atoms with Gasteiger partial charge in [-0.15, -0.1) is 0 Å². The van der Waals surface area contributed by atoms with Crippen molar-refractivity contribution in [3.63, 3.8) is 0 Å². The van der Waals surface area contributed by atoms with E-state index in [4.69, 9.17) is 4.74 Å². The predicted octanol–water partition coefficient (Wildman–Crippen LogP) is 3.70. The largest absolute Gasteiger partial charge is 0.490 e. The molecule has 1 saturated carbocycles. The van der Waals surface area contributed by atoms with Crippen LogP contribution < -0.4 is 4.74 Å². The summed E-state index contributed by atoms with van der Waals surface area (Å²) >= 11 is 0. The molecule has 0 spiro atoms. The quantitative estimate of drug-likeness (QED) is 0.794. The zero-order valence-electron chi connectivity index (χ0n) is 10.6. The smallest absolute Gasteiger partial charge is 0.136 e. The first-order valence-corrected chi connectivity index (χ1v) is 6.44. The molecule has 92 valence electrons. The van der Waals surface area contributed by atoms with Gasteiger partial charge in [0.05, 0.1) is 0 Å². The van der Waals surface area contributed by atoms with Crippen molar-refractivity contribution in [2.24, 2.45) is 0 Å². The monoisotopic (exact) mass is 232 g/mol. The Bertz CT molecular complexity index is 396. The van der Waals surface area contributed by atoms with Gasteiger partial charge in [-0.05, 0) is 30.4 Å². The Morgan fingerprint density at radius 1 is 1.29 bits per heavy atom. The molecule has 1 aromatic rings. The summed E-state index contributed by atoms with van der Waals surface area (Å²) in [6.45, 7) is 4.32. The molecule has 0 heterocycles. The molecule has 0 amide bonds. The first-order chi connectivity index (χ1) is 8.16. The van der Waals surface area contributed by atoms with Crippen molar-refractivity contribution in [1.29, 1.82) is 0 Å². The van der Waals surface area contributed by atoms with Crippen molar-refractivity contribution in [2.45, 2.75) is 51.6 Å². The Morgan fingerprint density at radius 3 is 2.76 bits per heavy atom. The zero-order valence-corrected chi connectivity index (χ0v) is 10.6. The van der Waals surface area contributed by atoms with E-state index in [1.807, 2.05) is 18.2 Å². The van der Waals surface area contributed by atoms with Gasteiger partial charge < -0.3 is 4.74 Å². The summed E-state index contributed by atoms with van der Waals surface area (Å²) in [4.78, 5) is 11.4. The fourth-order valence-electron chi connectivity index (χ4n) is 2.33. The number of hydrogen-bond acceptors (Lipinski definition) is 2. The second-order valence-corrected chi connectivity index (χ2v) is 5.07. The normalized spacial score (nSPS) is 20.6. The van der Waals surface area contributed by atoms with Gasteiger partial charge in [0.25, 0.3) is 0 Å². The number of ether oxygens (including phenoxy) is 1. The molecule has 0 saturated heterocycles. The van der Waals surface area contributed by atoms with Gasteiger partial charge in [0.15, 0.2) is 0 Å². The summed E-state index contributed by atoms with van der Waals surface area (Å²) < 4.78 is 6.00. The molecule has 1 aliphatic carbocycles. The highest BCUT2D eigenvalue weighted by Crippen LogP contribution is 2.29. The van der Waals surface area contributed by atoms with Crippen molar-refractivity contribution in [3.05, 3.63) is 29.8 Å². The van der Waals surface area contributed by atoms with Gasteiger partial charge in [-0.1, -0.05) is 32.0 Å². The summed E-state index contributed by atoms with van der Waals surface area (Å²) in [6.07, 6.45) is 3.35. The molecule has 1 atom stereocenters. The number of Topliss-reactive ketones (excluding diaryl/α,β-unsaturated/α-hetero) is 1. The van der Waals surface area contributed by atoms with Crippen LogP contribution >= 0.6 is 0 Å². The molecule has 1 aliphatic rings. The van der Waals surface area contributed by atoms with Crippen LogP contribution in [0.4, 0.5) is 0 Å². The lowest BCUT2D eigenvalue weighted by atomic mass is 9.96. The van der Waals surface area contributed by atoms with Crippen LogP contribution in [0.1, 0.15) is 51.0 Å². The van der Waals surface area contributed by atoms with Crippen LogP contribution in [0.15, 0.2) is 24.3 Å². The van der Waals surface area contributed by atoms with Gasteiger partial charge in [-0.2, -0.15) is 0 Å². The number of carbonyl (C=O) groups excluding carboxylic acids is 1. The van der Waals surface area contributed by atoms with Crippen LogP contribution in [-0.2, 0) is 4.79 Å². The summed E-state index contributed by atoms with van der Waals surface area (Å²) in [5, 5.41) is 0. The molecule has 0 radical (unpaired) electrons. The molecule has 17 heavy (non-hydrogen) atoms. The molecule has 0 aromatic heterocycles. The number of ketones is 1. The summed E-state index contributed by atoms with van der Waals surface area (Å²) in [5.74, 6) is 1.73. The number of para-hydroxylation sites is 1. The highest BCUT2D eigenvalue weighted by Gasteiger charge is 2.21. The average Bonchev–Trinajstić information content (AvgIpc) is 2.29. The van der Waals surface area contributed by atoms with Crippen LogP contribution in [0, 0.1) is 0 Å². The molecule has 2 rings (SSSR count). The minimum Gasteiger partial charge on any atom is -0.490 e. The minimum atomic E-state index is 0.0798. The maximum atomic E-state index is 11.4. The molecule has 1 aromatic carbocycles. The Labute approximate surface area is 103 Å². The van der Waals surface area contributed by atoms with Gasteiger partial charge in [-0.25, -0.2) is 0 Å². The summed E-state index contributed by atoms with van der Waals surface area (Å²) in [7, 11) is 0. The van der Waals surface area contributed by atoms with Crippen molar-refractivity contribution in [1.82, 2.24) is 0 Å². The molecule has 0 bridgehead atoms. The molecular formula is C15H20O2. The van der Waals surface area contributed by atoms with E-state index in [-0.39, 0.29) is 6.10 Å². The van der Waals surface area contributed by atoms with Crippen LogP contribution in [0.2, 0.25) is 0 Å². The van der Waals surface area contributed by atoms with Gasteiger partial charge in [0.2, 0.25) is 0 Å². The SMILES string of the molecule is CC(C)c1ccccc1OC1CCCC(=O)C1. The van der Waals surface area contributed by atoms with Crippen molar-refractivity contribution >= 4 is 5.78 Å². The fourth-order valence-corrected chi connectivity index (χ4v) is 2.33. The average molecular weight is 232 g/mol. The molecule has 0 N–H and O–H groups in total. The molecule has 2 heteroatoms. The summed E-state index contributed by atoms with van der Waals surface area (Å²) in [5.41, 5.74) is 1.23. The minimum absolute atomic E-state index is 0.0798. The third-order valence-corrected chi connectivity index (χ3v) is 3.27. The van der Waals surface area contributed by atoms with E-state index >= 15 is 0 Å². The third-order valence-electron chi connectivity index (χ3n) is 3.27. The molecule has 1 fully saturated rings. The fraction of sp³-hybridized carbons (Fsp3) is 0.533. The van der Waals surface area contributed by atoms with E-state index < -0.39 is 0 Å². The maximum Gasteiger partial charge on any atom is 0.136 e. The Kier molecular flexibility index (Phi) is 3.82. The maximum absolute atomic E-state index is 11.4. The third kappa shape index (κ3) is 3.09. The Hall–Kier alpha value is -1.31. The van der Waals surface area contributed by atoms with Crippen LogP contribution in [0.5, 0.6) is 5.75 Å². The first-order valence-electron chi connectivity index (χ1n) is 6.44. The number of benzene rings is 1. The molecule has 0 aliphatic heterocycles. The highest BCUT2D eigenvalue weighted by molar-refractivity contribution is 5.79. The number of rotatable bonds is 3. The van der Waals surface area contributed by atoms with Crippen molar-refractivity contribution in [2.75, 3.05) is 0 Å². The standard InChI is InChI=1S/C15H20O2/c1-11(2)14-8-3-4-9-15(14)17-13-7-5-6-12(16)10-13/h3-4,8-9,11,13H,5-7,10H2,1-2H3. The number of hydrogen-bond donors (Lipinski definition) is 0. The number of carbonyl (C=O) groups is 1.